The molecule has 5 heteroatoms. The molecule has 0 aromatic heterocycles. The normalized spacial score (nSPS) is 39.9. The monoisotopic (exact) mass is 254 g/mol. The molecule has 0 radical (unpaired) electrons. The van der Waals surface area contributed by atoms with Crippen LogP contribution in [0.2, 0.25) is 19.6 Å². The van der Waals surface area contributed by atoms with E-state index in [1.165, 1.54) is 0 Å². The Kier molecular flexibility index (Phi) is 2.85. The SMILES string of the molecule is C[Si](C)(C)C#CC1(O)CC(C(=O)O)[C@@H]2O[C@@H]2C1. The minimum atomic E-state index is -1.56. The highest BCUT2D eigenvalue weighted by Gasteiger charge is 2.57. The number of aliphatic hydroxyl groups is 1. The smallest absolute Gasteiger partial charge is 0.309 e. The Labute approximate surface area is 102 Å². The van der Waals surface area contributed by atoms with Crippen LogP contribution < -0.4 is 0 Å². The molecule has 4 atom stereocenters. The summed E-state index contributed by atoms with van der Waals surface area (Å²) in [5, 5.41) is 19.4. The summed E-state index contributed by atoms with van der Waals surface area (Å²) in [4.78, 5) is 11.0. The third-order valence-corrected chi connectivity index (χ3v) is 3.98. The van der Waals surface area contributed by atoms with E-state index in [-0.39, 0.29) is 18.6 Å². The fourth-order valence-corrected chi connectivity index (χ4v) is 2.81. The molecule has 94 valence electrons. The second kappa shape index (κ2) is 3.84. The molecule has 1 aliphatic heterocycles. The first-order valence-corrected chi connectivity index (χ1v) is 9.35. The molecule has 2 fully saturated rings. The molecule has 2 N–H and O–H groups in total. The van der Waals surface area contributed by atoms with Gasteiger partial charge in [-0.05, 0) is 0 Å². The Bertz CT molecular complexity index is 403. The van der Waals surface area contributed by atoms with E-state index in [2.05, 4.69) is 31.1 Å². The first-order valence-electron chi connectivity index (χ1n) is 5.85. The average Bonchev–Trinajstić information content (AvgIpc) is 2.91. The lowest BCUT2D eigenvalue weighted by atomic mass is 9.78. The van der Waals surface area contributed by atoms with E-state index in [0.29, 0.717) is 6.42 Å². The second-order valence-electron chi connectivity index (χ2n) is 6.02. The maximum absolute atomic E-state index is 11.0. The van der Waals surface area contributed by atoms with E-state index in [4.69, 9.17) is 9.84 Å². The molecule has 2 unspecified atom stereocenters. The summed E-state index contributed by atoms with van der Waals surface area (Å²) in [6.07, 6.45) is 0.298. The van der Waals surface area contributed by atoms with E-state index in [1.54, 1.807) is 0 Å². The molecule has 17 heavy (non-hydrogen) atoms. The number of carbonyl (C=O) groups is 1. The van der Waals surface area contributed by atoms with Crippen LogP contribution in [0.3, 0.4) is 0 Å². The van der Waals surface area contributed by atoms with Crippen molar-refractivity contribution in [3.8, 4) is 11.5 Å². The second-order valence-corrected chi connectivity index (χ2v) is 10.8. The van der Waals surface area contributed by atoms with Gasteiger partial charge >= 0.3 is 5.97 Å². The zero-order valence-corrected chi connectivity index (χ0v) is 11.4. The molecule has 0 aromatic rings. The van der Waals surface area contributed by atoms with Gasteiger partial charge in [-0.1, -0.05) is 25.6 Å². The maximum Gasteiger partial charge on any atom is 0.309 e. The Morgan fingerprint density at radius 3 is 2.59 bits per heavy atom. The van der Waals surface area contributed by atoms with Gasteiger partial charge in [0.25, 0.3) is 0 Å². The Balaban J connectivity index is 2.15. The summed E-state index contributed by atoms with van der Waals surface area (Å²) < 4.78 is 5.28. The number of rotatable bonds is 1. The van der Waals surface area contributed by atoms with Crippen LogP contribution in [0.1, 0.15) is 12.8 Å². The van der Waals surface area contributed by atoms with E-state index in [9.17, 15) is 9.90 Å². The first-order chi connectivity index (χ1) is 7.70. The summed E-state index contributed by atoms with van der Waals surface area (Å²) in [7, 11) is -1.56. The zero-order chi connectivity index (χ0) is 12.8. The highest BCUT2D eigenvalue weighted by atomic mass is 28.3. The van der Waals surface area contributed by atoms with Gasteiger partial charge in [0, 0.05) is 12.8 Å². The van der Waals surface area contributed by atoms with Gasteiger partial charge in [0.1, 0.15) is 13.7 Å². The maximum atomic E-state index is 11.0. The van der Waals surface area contributed by atoms with Crippen molar-refractivity contribution in [2.75, 3.05) is 0 Å². The highest BCUT2D eigenvalue weighted by molar-refractivity contribution is 6.83. The van der Waals surface area contributed by atoms with Gasteiger partial charge in [0.15, 0.2) is 0 Å². The van der Waals surface area contributed by atoms with Crippen molar-refractivity contribution in [1.29, 1.82) is 0 Å². The molecule has 1 aliphatic carbocycles. The van der Waals surface area contributed by atoms with Crippen molar-refractivity contribution in [1.82, 2.24) is 0 Å². The van der Waals surface area contributed by atoms with Crippen molar-refractivity contribution in [2.24, 2.45) is 5.92 Å². The molecular weight excluding hydrogens is 236 g/mol. The van der Waals surface area contributed by atoms with Crippen LogP contribution in [0.5, 0.6) is 0 Å². The molecule has 2 aliphatic rings. The first kappa shape index (κ1) is 12.6. The number of fused-ring (bicyclic) bond motifs is 1. The molecule has 1 saturated heterocycles. The zero-order valence-electron chi connectivity index (χ0n) is 10.4. The summed E-state index contributed by atoms with van der Waals surface area (Å²) in [6, 6.07) is 0. The molecule has 0 bridgehead atoms. The minimum Gasteiger partial charge on any atom is -0.481 e. The summed E-state index contributed by atoms with van der Waals surface area (Å²) in [5.74, 6) is 1.39. The highest BCUT2D eigenvalue weighted by Crippen LogP contribution is 2.45. The summed E-state index contributed by atoms with van der Waals surface area (Å²) >= 11 is 0. The largest absolute Gasteiger partial charge is 0.481 e. The third kappa shape index (κ3) is 2.89. The van der Waals surface area contributed by atoms with E-state index in [1.807, 2.05) is 0 Å². The van der Waals surface area contributed by atoms with Crippen LogP contribution in [0.25, 0.3) is 0 Å². The fraction of sp³-hybridized carbons (Fsp3) is 0.750. The molecular formula is C12H18O4Si. The van der Waals surface area contributed by atoms with Crippen molar-refractivity contribution in [3.63, 3.8) is 0 Å². The van der Waals surface area contributed by atoms with Crippen molar-refractivity contribution >= 4 is 14.0 Å². The van der Waals surface area contributed by atoms with E-state index < -0.39 is 25.6 Å². The summed E-state index contributed by atoms with van der Waals surface area (Å²) in [6.45, 7) is 6.28. The Hall–Kier alpha value is -0.833. The van der Waals surface area contributed by atoms with Crippen LogP contribution >= 0.6 is 0 Å². The van der Waals surface area contributed by atoms with Gasteiger partial charge < -0.3 is 14.9 Å². The predicted octanol–water partition coefficient (Wildman–Crippen LogP) is 0.860. The quantitative estimate of drug-likeness (QED) is 0.414. The number of hydrogen-bond donors (Lipinski definition) is 2. The molecule has 4 nitrogen and oxygen atoms in total. The average molecular weight is 254 g/mol. The van der Waals surface area contributed by atoms with Crippen LogP contribution in [-0.4, -0.2) is 42.1 Å². The topological polar surface area (TPSA) is 70.1 Å². The van der Waals surface area contributed by atoms with Crippen LogP contribution in [-0.2, 0) is 9.53 Å². The molecule has 0 amide bonds. The van der Waals surface area contributed by atoms with Crippen molar-refractivity contribution in [3.05, 3.63) is 0 Å². The van der Waals surface area contributed by atoms with Gasteiger partial charge in [-0.15, -0.1) is 5.54 Å². The minimum absolute atomic E-state index is 0.120. The molecule has 1 saturated carbocycles. The van der Waals surface area contributed by atoms with E-state index >= 15 is 0 Å². The Morgan fingerprint density at radius 1 is 1.41 bits per heavy atom. The van der Waals surface area contributed by atoms with Gasteiger partial charge in [-0.3, -0.25) is 4.79 Å². The van der Waals surface area contributed by atoms with Gasteiger partial charge in [-0.2, -0.15) is 0 Å². The number of carboxylic acids is 1. The lowest BCUT2D eigenvalue weighted by molar-refractivity contribution is -0.144. The van der Waals surface area contributed by atoms with E-state index in [0.717, 1.165) is 0 Å². The number of epoxide rings is 1. The predicted molar refractivity (Wildman–Crippen MR) is 65.1 cm³/mol. The molecule has 0 aromatic carbocycles. The third-order valence-electron chi connectivity index (χ3n) is 3.10. The van der Waals surface area contributed by atoms with Crippen molar-refractivity contribution in [2.45, 2.75) is 50.3 Å². The molecule has 1 heterocycles. The van der Waals surface area contributed by atoms with Crippen LogP contribution in [0, 0.1) is 17.4 Å². The molecule has 0 spiro atoms. The Morgan fingerprint density at radius 2 is 2.06 bits per heavy atom. The van der Waals surface area contributed by atoms with Crippen LogP contribution in [0.15, 0.2) is 0 Å². The number of ether oxygens (including phenoxy) is 1. The van der Waals surface area contributed by atoms with Gasteiger partial charge in [-0.25, -0.2) is 0 Å². The lowest BCUT2D eigenvalue weighted by Crippen LogP contribution is -2.41. The van der Waals surface area contributed by atoms with Gasteiger partial charge in [0.05, 0.1) is 18.1 Å². The van der Waals surface area contributed by atoms with Crippen molar-refractivity contribution < 1.29 is 19.7 Å². The summed E-state index contributed by atoms with van der Waals surface area (Å²) in [5.41, 5.74) is 1.94. The lowest BCUT2D eigenvalue weighted by Gasteiger charge is -2.28. The number of aliphatic carboxylic acids is 1. The van der Waals surface area contributed by atoms with Gasteiger partial charge in [0.2, 0.25) is 0 Å². The molecule has 2 rings (SSSR count). The number of carboxylic acid groups (broad SMARTS) is 1. The van der Waals surface area contributed by atoms with Crippen LogP contribution in [0.4, 0.5) is 0 Å². The number of hydrogen-bond acceptors (Lipinski definition) is 3. The fourth-order valence-electron chi connectivity index (χ4n) is 2.20. The standard InChI is InChI=1S/C12H18O4Si/c1-17(2,3)5-4-12(15)6-8(11(13)14)10-9(7-12)16-10/h8-10,15H,6-7H2,1-3H3,(H,13,14)/t8?,9-,10+,12?/m1/s1.